The average Bonchev–Trinajstić information content (AvgIpc) is 2.71. The molecule has 0 bridgehead atoms. The van der Waals surface area contributed by atoms with Crippen LogP contribution in [0.15, 0.2) is 0 Å². The second-order valence-corrected chi connectivity index (χ2v) is 9.59. The fraction of sp³-hybridized carbons (Fsp3) is 1.00. The minimum Gasteiger partial charge on any atom is -0.387 e. The summed E-state index contributed by atoms with van der Waals surface area (Å²) < 4.78 is 23.8. The van der Waals surface area contributed by atoms with Crippen LogP contribution < -0.4 is 28.3 Å². The summed E-state index contributed by atoms with van der Waals surface area (Å²) in [5.41, 5.74) is 15.1. The van der Waals surface area contributed by atoms with E-state index in [0.29, 0.717) is 13.0 Å². The van der Waals surface area contributed by atoms with Crippen molar-refractivity contribution in [1.82, 2.24) is 0 Å². The van der Waals surface area contributed by atoms with Crippen LogP contribution in [0, 0.1) is 0 Å². The lowest BCUT2D eigenvalue weighted by Gasteiger charge is -2.45. The van der Waals surface area contributed by atoms with Gasteiger partial charge >= 0.3 is 0 Å². The molecule has 0 aromatic rings. The van der Waals surface area contributed by atoms with Crippen molar-refractivity contribution in [3.05, 3.63) is 0 Å². The summed E-state index contributed by atoms with van der Waals surface area (Å²) in [7, 11) is 1.78. The van der Waals surface area contributed by atoms with E-state index in [9.17, 15) is 15.3 Å². The van der Waals surface area contributed by atoms with Crippen LogP contribution in [0.1, 0.15) is 26.2 Å². The third kappa shape index (κ3) is 5.37. The smallest absolute Gasteiger partial charge is 0.211 e. The van der Waals surface area contributed by atoms with E-state index < -0.39 is 48.6 Å². The Balaban J connectivity index is 1.68. The number of aliphatic hydroxyl groups is 3. The summed E-state index contributed by atoms with van der Waals surface area (Å²) >= 11 is 0. The van der Waals surface area contributed by atoms with Gasteiger partial charge in [0.25, 0.3) is 0 Å². The van der Waals surface area contributed by atoms with Crippen molar-refractivity contribution in [2.24, 2.45) is 0 Å². The minimum atomic E-state index is -1.20. The second kappa shape index (κ2) is 10.2. The molecule has 12 heteroatoms. The molecule has 182 valence electrons. The molecule has 0 unspecified atom stereocenters. The van der Waals surface area contributed by atoms with Gasteiger partial charge in [0.2, 0.25) is 6.29 Å². The van der Waals surface area contributed by atoms with Crippen molar-refractivity contribution >= 4 is 0 Å². The van der Waals surface area contributed by atoms with Gasteiger partial charge in [0.15, 0.2) is 12.4 Å². The molecule has 3 aliphatic rings. The molecule has 1 aliphatic carbocycles. The maximum atomic E-state index is 11.1. The van der Waals surface area contributed by atoms with E-state index in [1.54, 1.807) is 19.3 Å². The molecule has 0 radical (unpaired) electrons. The van der Waals surface area contributed by atoms with Crippen molar-refractivity contribution in [2.45, 2.75) is 99.1 Å². The molecule has 1 saturated carbocycles. The first kappa shape index (κ1) is 25.1. The Bertz CT molecular complexity index is 588. The summed E-state index contributed by atoms with van der Waals surface area (Å²) in [6, 6.07) is -1.05. The van der Waals surface area contributed by atoms with Crippen LogP contribution in [-0.2, 0) is 18.9 Å². The summed E-state index contributed by atoms with van der Waals surface area (Å²) in [6.45, 7) is 2.28. The Morgan fingerprint density at radius 3 is 2.19 bits per heavy atom. The topological polar surface area (TPSA) is 225 Å². The van der Waals surface area contributed by atoms with Crippen molar-refractivity contribution in [3.63, 3.8) is 0 Å². The van der Waals surface area contributed by atoms with E-state index in [0.717, 1.165) is 12.8 Å². The van der Waals surface area contributed by atoms with Gasteiger partial charge in [-0.15, -0.1) is 0 Å². The van der Waals surface area contributed by atoms with Gasteiger partial charge in [0, 0.05) is 6.42 Å². The van der Waals surface area contributed by atoms with Crippen molar-refractivity contribution in [2.75, 3.05) is 20.2 Å². The highest BCUT2D eigenvalue weighted by molar-refractivity contribution is 4.97. The monoisotopic (exact) mass is 454 g/mol. The Kier molecular flexibility index (Phi) is 8.27. The Morgan fingerprint density at radius 1 is 1.00 bits per heavy atom. The Hall–Kier alpha value is -0.480. The SMILES string of the molecule is C[NH2+][C@@H]1[C@@H](O)[C@@H](O[C@@H]2[C@@H](O)[C@H](O[C@H]3O[C@H](C[NH3+])CC[C@H]3[NH3+])[C@@H]([NH3+])C[C@H]2[NH3+])OC[C@]1(C)O. The normalized spacial score (nSPS) is 51.6. The van der Waals surface area contributed by atoms with Crippen LogP contribution in [0.3, 0.4) is 0 Å². The zero-order valence-electron chi connectivity index (χ0n) is 18.8. The number of ether oxygens (including phenoxy) is 4. The molecule has 0 aromatic carbocycles. The fourth-order valence-corrected chi connectivity index (χ4v) is 5.01. The van der Waals surface area contributed by atoms with Gasteiger partial charge in [-0.25, -0.2) is 0 Å². The summed E-state index contributed by atoms with van der Waals surface area (Å²) in [5, 5.41) is 34.1. The van der Waals surface area contributed by atoms with Crippen molar-refractivity contribution < 1.29 is 62.5 Å². The van der Waals surface area contributed by atoms with Gasteiger partial charge in [0.1, 0.15) is 60.7 Å². The molecule has 0 aromatic heterocycles. The molecule has 3 rings (SSSR count). The van der Waals surface area contributed by atoms with E-state index in [2.05, 4.69) is 22.9 Å². The molecule has 0 amide bonds. The lowest BCUT2D eigenvalue weighted by molar-refractivity contribution is -0.695. The highest BCUT2D eigenvalue weighted by Crippen LogP contribution is 2.29. The number of likely N-dealkylation sites (N-methyl/N-ethyl adjacent to an activating group) is 1. The van der Waals surface area contributed by atoms with Gasteiger partial charge in [-0.3, -0.25) is 0 Å². The number of rotatable bonds is 6. The molecular formula is C19H44N5O7+5. The molecule has 2 saturated heterocycles. The summed E-state index contributed by atoms with van der Waals surface area (Å²) in [5.74, 6) is 0. The molecule has 17 N–H and O–H groups in total. The molecule has 12 nitrogen and oxygen atoms in total. The van der Waals surface area contributed by atoms with E-state index in [1.807, 2.05) is 0 Å². The standard InChI is InChI=1S/C19H39N5O7/c1-19(27)7-28-18(13(26)16(19)24-2)31-15-11(23)5-10(22)14(12(15)25)30-17-9(21)4-3-8(6-20)29-17/h8-18,24-27H,3-7,20-23H2,1-2H3/p+5/t8-,9+,10-,11+,12-,13+,14+,15-,16+,17+,18+,19-/m0/s1. The van der Waals surface area contributed by atoms with Crippen LogP contribution in [0.5, 0.6) is 0 Å². The van der Waals surface area contributed by atoms with Gasteiger partial charge in [0.05, 0.1) is 20.1 Å². The first-order valence-corrected chi connectivity index (χ1v) is 11.3. The van der Waals surface area contributed by atoms with Gasteiger partial charge in [-0.1, -0.05) is 0 Å². The van der Waals surface area contributed by atoms with Crippen LogP contribution in [-0.4, -0.2) is 108 Å². The van der Waals surface area contributed by atoms with E-state index in [1.165, 1.54) is 0 Å². The van der Waals surface area contributed by atoms with Gasteiger partial charge < -0.3 is 62.5 Å². The van der Waals surface area contributed by atoms with Crippen molar-refractivity contribution in [3.8, 4) is 0 Å². The predicted octanol–water partition coefficient (Wildman–Crippen LogP) is -7.87. The van der Waals surface area contributed by atoms with Gasteiger partial charge in [-0.05, 0) is 13.3 Å². The zero-order valence-corrected chi connectivity index (χ0v) is 18.8. The molecule has 31 heavy (non-hydrogen) atoms. The van der Waals surface area contributed by atoms with E-state index in [4.69, 9.17) is 18.9 Å². The minimum absolute atomic E-state index is 0.0117. The lowest BCUT2D eigenvalue weighted by atomic mass is 9.84. The summed E-state index contributed by atoms with van der Waals surface area (Å²) in [6.07, 6.45) is -2.65. The molecule has 3 fully saturated rings. The number of hydrogen-bond acceptors (Lipinski definition) is 7. The first-order valence-electron chi connectivity index (χ1n) is 11.3. The summed E-state index contributed by atoms with van der Waals surface area (Å²) in [4.78, 5) is 0. The zero-order chi connectivity index (χ0) is 22.9. The predicted molar refractivity (Wildman–Crippen MR) is 104 cm³/mol. The quantitative estimate of drug-likeness (QED) is 0.193. The molecule has 12 atom stereocenters. The number of quaternary nitrogens is 5. The Morgan fingerprint density at radius 2 is 1.61 bits per heavy atom. The first-order chi connectivity index (χ1) is 14.6. The number of nitrogens with two attached hydrogens (primary N) is 1. The average molecular weight is 455 g/mol. The second-order valence-electron chi connectivity index (χ2n) is 9.59. The molecular weight excluding hydrogens is 410 g/mol. The third-order valence-electron chi connectivity index (χ3n) is 6.95. The highest BCUT2D eigenvalue weighted by Gasteiger charge is 2.54. The van der Waals surface area contributed by atoms with E-state index in [-0.39, 0.29) is 30.8 Å². The number of hydrogen-bond donors (Lipinski definition) is 8. The van der Waals surface area contributed by atoms with E-state index >= 15 is 0 Å². The largest absolute Gasteiger partial charge is 0.387 e. The van der Waals surface area contributed by atoms with Gasteiger partial charge in [-0.2, -0.15) is 0 Å². The van der Waals surface area contributed by atoms with Crippen LogP contribution in [0.4, 0.5) is 0 Å². The van der Waals surface area contributed by atoms with Crippen LogP contribution in [0.25, 0.3) is 0 Å². The fourth-order valence-electron chi connectivity index (χ4n) is 5.01. The maximum Gasteiger partial charge on any atom is 0.211 e. The Labute approximate surface area is 182 Å². The highest BCUT2D eigenvalue weighted by atomic mass is 16.7. The maximum absolute atomic E-state index is 11.1. The number of aliphatic hydroxyl groups excluding tert-OH is 2. The molecule has 2 heterocycles. The third-order valence-corrected chi connectivity index (χ3v) is 6.95. The van der Waals surface area contributed by atoms with Crippen LogP contribution >= 0.6 is 0 Å². The molecule has 2 aliphatic heterocycles. The van der Waals surface area contributed by atoms with Crippen LogP contribution in [0.2, 0.25) is 0 Å². The molecule has 0 spiro atoms. The lowest BCUT2D eigenvalue weighted by Crippen LogP contribution is -2.96. The van der Waals surface area contributed by atoms with Crippen molar-refractivity contribution in [1.29, 1.82) is 0 Å².